The van der Waals surface area contributed by atoms with Crippen LogP contribution in [0.3, 0.4) is 0 Å². The summed E-state index contributed by atoms with van der Waals surface area (Å²) in [6, 6.07) is 11.7. The molecule has 2 aromatic carbocycles. The van der Waals surface area contributed by atoms with Crippen LogP contribution >= 0.6 is 50.7 Å². The minimum absolute atomic E-state index is 0.0535. The van der Waals surface area contributed by atoms with E-state index in [0.717, 1.165) is 5.56 Å². The van der Waals surface area contributed by atoms with Gasteiger partial charge in [0.1, 0.15) is 0 Å². The first-order chi connectivity index (χ1) is 16.2. The summed E-state index contributed by atoms with van der Waals surface area (Å²) in [4.78, 5) is 17.0. The van der Waals surface area contributed by atoms with Crippen molar-refractivity contribution in [3.05, 3.63) is 80.5 Å². The molecule has 12 heteroatoms. The summed E-state index contributed by atoms with van der Waals surface area (Å²) in [6.45, 7) is 2.24. The van der Waals surface area contributed by atoms with E-state index in [1.807, 2.05) is 13.0 Å². The first-order valence-electron chi connectivity index (χ1n) is 9.90. The fourth-order valence-corrected chi connectivity index (χ4v) is 5.84. The molecule has 1 amide bonds. The maximum atomic E-state index is 13.1. The fourth-order valence-electron chi connectivity index (χ4n) is 3.26. The van der Waals surface area contributed by atoms with Crippen LogP contribution in [-0.4, -0.2) is 30.2 Å². The van der Waals surface area contributed by atoms with E-state index < -0.39 is 15.9 Å². The van der Waals surface area contributed by atoms with Crippen molar-refractivity contribution in [1.82, 2.24) is 14.7 Å². The smallest absolute Gasteiger partial charge is 0.280 e. The summed E-state index contributed by atoms with van der Waals surface area (Å²) < 4.78 is 34.1. The lowest BCUT2D eigenvalue weighted by atomic mass is 10.0. The largest absolute Gasteiger partial charge is 0.351 e. The van der Waals surface area contributed by atoms with Gasteiger partial charge in [0.05, 0.1) is 37.6 Å². The van der Waals surface area contributed by atoms with Gasteiger partial charge in [0.25, 0.3) is 15.9 Å². The minimum atomic E-state index is -4.09. The average molecular weight is 600 g/mol. The molecule has 0 aliphatic carbocycles. The molecule has 0 bridgehead atoms. The highest BCUT2D eigenvalue weighted by Gasteiger charge is 2.23. The molecule has 0 saturated heterocycles. The Morgan fingerprint density at radius 1 is 1.15 bits per heavy atom. The van der Waals surface area contributed by atoms with Gasteiger partial charge in [-0.15, -0.1) is 0 Å². The van der Waals surface area contributed by atoms with Crippen molar-refractivity contribution in [2.45, 2.75) is 17.9 Å². The summed E-state index contributed by atoms with van der Waals surface area (Å²) >= 11 is 16.6. The molecule has 0 spiro atoms. The highest BCUT2D eigenvalue weighted by atomic mass is 79.9. The molecule has 34 heavy (non-hydrogen) atoms. The van der Waals surface area contributed by atoms with Crippen LogP contribution in [0.4, 0.5) is 5.69 Å². The molecule has 7 nitrogen and oxygen atoms in total. The predicted molar refractivity (Wildman–Crippen MR) is 140 cm³/mol. The first-order valence-corrected chi connectivity index (χ1v) is 13.7. The van der Waals surface area contributed by atoms with Crippen molar-refractivity contribution < 1.29 is 13.2 Å². The van der Waals surface area contributed by atoms with Crippen LogP contribution < -0.4 is 10.0 Å². The Labute approximate surface area is 218 Å². The van der Waals surface area contributed by atoms with E-state index >= 15 is 0 Å². The summed E-state index contributed by atoms with van der Waals surface area (Å²) in [5, 5.41) is 4.00. The minimum Gasteiger partial charge on any atom is -0.351 e. The third-order valence-corrected chi connectivity index (χ3v) is 8.37. The zero-order chi connectivity index (χ0) is 24.5. The first kappa shape index (κ1) is 24.9. The average Bonchev–Trinajstić information content (AvgIpc) is 3.27. The van der Waals surface area contributed by atoms with Crippen molar-refractivity contribution in [3.63, 3.8) is 0 Å². The molecule has 1 atom stereocenters. The van der Waals surface area contributed by atoms with Crippen LogP contribution in [0.25, 0.3) is 10.1 Å². The molecule has 2 N–H and O–H groups in total. The van der Waals surface area contributed by atoms with E-state index in [-0.39, 0.29) is 22.2 Å². The Hall–Kier alpha value is -2.24. The maximum Gasteiger partial charge on any atom is 0.280 e. The van der Waals surface area contributed by atoms with Crippen LogP contribution in [0.5, 0.6) is 0 Å². The monoisotopic (exact) mass is 598 g/mol. The molecule has 2 aromatic heterocycles. The zero-order valence-corrected chi connectivity index (χ0v) is 22.3. The maximum absolute atomic E-state index is 13.1. The Kier molecular flexibility index (Phi) is 7.44. The second kappa shape index (κ2) is 10.2. The van der Waals surface area contributed by atoms with E-state index in [4.69, 9.17) is 23.2 Å². The molecule has 2 heterocycles. The number of pyridine rings is 1. The van der Waals surface area contributed by atoms with Crippen LogP contribution in [0.1, 0.15) is 28.8 Å². The van der Waals surface area contributed by atoms with Gasteiger partial charge in [0.15, 0.2) is 5.03 Å². The number of aromatic nitrogens is 2. The van der Waals surface area contributed by atoms with Gasteiger partial charge < -0.3 is 5.32 Å². The number of fused-ring (bicyclic) bond motifs is 1. The third-order valence-electron chi connectivity index (χ3n) is 5.05. The van der Waals surface area contributed by atoms with Crippen molar-refractivity contribution in [2.75, 3.05) is 11.3 Å². The molecular weight excluding hydrogens is 583 g/mol. The fraction of sp³-hybridized carbons (Fsp3) is 0.136. The molecule has 0 saturated carbocycles. The molecule has 0 aliphatic heterocycles. The van der Waals surface area contributed by atoms with Gasteiger partial charge in [-0.05, 0) is 59.4 Å². The third kappa shape index (κ3) is 5.36. The number of nitrogens with one attached hydrogen (secondary N) is 2. The Morgan fingerprint density at radius 3 is 2.71 bits per heavy atom. The number of amides is 1. The normalized spacial score (nSPS) is 12.5. The van der Waals surface area contributed by atoms with E-state index in [0.29, 0.717) is 31.1 Å². The number of hydrogen-bond acceptors (Lipinski definition) is 6. The summed E-state index contributed by atoms with van der Waals surface area (Å²) in [7, 11) is -4.09. The Bertz CT molecular complexity index is 1490. The second-order valence-corrected chi connectivity index (χ2v) is 11.6. The van der Waals surface area contributed by atoms with E-state index in [9.17, 15) is 13.2 Å². The molecule has 1 unspecified atom stereocenters. The number of sulfonamides is 1. The van der Waals surface area contributed by atoms with E-state index in [1.165, 1.54) is 30.0 Å². The van der Waals surface area contributed by atoms with Gasteiger partial charge in [-0.1, -0.05) is 52.1 Å². The number of rotatable bonds is 7. The highest BCUT2D eigenvalue weighted by molar-refractivity contribution is 9.10. The van der Waals surface area contributed by atoms with Gasteiger partial charge in [0, 0.05) is 17.2 Å². The van der Waals surface area contributed by atoms with Gasteiger partial charge >= 0.3 is 0 Å². The molecular formula is C22H17BrCl2N4O3S2. The number of hydrogen-bond donors (Lipinski definition) is 2. The lowest BCUT2D eigenvalue weighted by Gasteiger charge is -2.16. The van der Waals surface area contributed by atoms with E-state index in [2.05, 4.69) is 35.3 Å². The number of benzene rings is 2. The molecule has 176 valence electrons. The van der Waals surface area contributed by atoms with E-state index in [1.54, 1.807) is 30.3 Å². The Balaban J connectivity index is 1.56. The number of carbonyl (C=O) groups is 1. The summed E-state index contributed by atoms with van der Waals surface area (Å²) in [5.41, 5.74) is 1.20. The van der Waals surface area contributed by atoms with Crippen LogP contribution in [0.15, 0.2) is 64.4 Å². The van der Waals surface area contributed by atoms with Crippen molar-refractivity contribution in [3.8, 4) is 0 Å². The summed E-state index contributed by atoms with van der Waals surface area (Å²) in [5.74, 6) is -0.484. The van der Waals surface area contributed by atoms with Crippen LogP contribution in [0.2, 0.25) is 10.0 Å². The van der Waals surface area contributed by atoms with Crippen LogP contribution in [-0.2, 0) is 10.0 Å². The number of nitrogens with zero attached hydrogens (tertiary/aromatic N) is 2. The lowest BCUT2D eigenvalue weighted by Crippen LogP contribution is -2.28. The zero-order valence-electron chi connectivity index (χ0n) is 17.6. The predicted octanol–water partition coefficient (Wildman–Crippen LogP) is 6.09. The van der Waals surface area contributed by atoms with Crippen molar-refractivity contribution >= 4 is 82.4 Å². The molecule has 0 fully saturated rings. The summed E-state index contributed by atoms with van der Waals surface area (Å²) in [6.07, 6.45) is 2.87. The van der Waals surface area contributed by atoms with Crippen molar-refractivity contribution in [1.29, 1.82) is 0 Å². The SMILES string of the molecule is CC(CNC(=O)c1ccc(Br)cc1NS(=O)(=O)c1nccc2sncc12)c1ccc(Cl)c(Cl)c1. The van der Waals surface area contributed by atoms with Crippen molar-refractivity contribution in [2.24, 2.45) is 0 Å². The Morgan fingerprint density at radius 2 is 1.94 bits per heavy atom. The standard InChI is InChI=1S/C22H17BrCl2N4O3S2/c1-12(13-2-5-17(24)18(25)8-13)10-27-21(30)15-4-3-14(23)9-19(15)29-34(31,32)22-16-11-28-33-20(16)6-7-26-22/h2-9,11-12,29H,10H2,1H3,(H,27,30). The molecule has 0 aliphatic rings. The second-order valence-electron chi connectivity index (χ2n) is 7.43. The highest BCUT2D eigenvalue weighted by Crippen LogP contribution is 2.29. The van der Waals surface area contributed by atoms with Gasteiger partial charge in [0.2, 0.25) is 0 Å². The lowest BCUT2D eigenvalue weighted by molar-refractivity contribution is 0.0952. The van der Waals surface area contributed by atoms with Crippen LogP contribution in [0, 0.1) is 0 Å². The van der Waals surface area contributed by atoms with Gasteiger partial charge in [-0.2, -0.15) is 12.8 Å². The molecule has 4 aromatic rings. The molecule has 0 radical (unpaired) electrons. The topological polar surface area (TPSA) is 101 Å². The number of halogens is 3. The quantitative estimate of drug-likeness (QED) is 0.267. The number of carbonyl (C=O) groups excluding carboxylic acids is 1. The number of anilines is 1. The molecule has 4 rings (SSSR count). The van der Waals surface area contributed by atoms with Gasteiger partial charge in [-0.25, -0.2) is 4.98 Å². The van der Waals surface area contributed by atoms with Gasteiger partial charge in [-0.3, -0.25) is 9.52 Å².